The first kappa shape index (κ1) is 25.3. The normalized spacial score (nSPS) is 22.6. The van der Waals surface area contributed by atoms with Crippen molar-refractivity contribution in [1.82, 2.24) is 5.32 Å². The van der Waals surface area contributed by atoms with Crippen LogP contribution in [0.15, 0.2) is 82.6 Å². The number of carbonyl (C=O) groups excluding carboxylic acids is 2. The molecule has 37 heavy (non-hydrogen) atoms. The van der Waals surface area contributed by atoms with Gasteiger partial charge in [0, 0.05) is 16.5 Å². The first-order chi connectivity index (χ1) is 17.9. The van der Waals surface area contributed by atoms with Gasteiger partial charge in [0.05, 0.1) is 17.1 Å². The number of nitrogens with zero attached hydrogens (tertiary/aromatic N) is 1. The van der Waals surface area contributed by atoms with Crippen molar-refractivity contribution < 1.29 is 9.59 Å². The number of rotatable bonds is 5. The number of fused-ring (bicyclic) bond motifs is 1. The molecule has 1 heterocycles. The molecule has 5 heteroatoms. The van der Waals surface area contributed by atoms with Crippen molar-refractivity contribution in [2.24, 2.45) is 11.8 Å². The predicted molar refractivity (Wildman–Crippen MR) is 153 cm³/mol. The van der Waals surface area contributed by atoms with Crippen molar-refractivity contribution in [3.8, 4) is 0 Å². The molecule has 0 spiro atoms. The van der Waals surface area contributed by atoms with Gasteiger partial charge in [0.2, 0.25) is 0 Å². The number of hydrogen-bond acceptors (Lipinski definition) is 3. The number of aryl methyl sites for hydroxylation is 1. The third-order valence-electron chi connectivity index (χ3n) is 7.73. The summed E-state index contributed by atoms with van der Waals surface area (Å²) < 4.78 is 0. The third-order valence-corrected chi connectivity index (χ3v) is 8.81. The Morgan fingerprint density at radius 2 is 1.84 bits per heavy atom. The molecule has 1 aliphatic carbocycles. The van der Waals surface area contributed by atoms with Crippen LogP contribution in [0.5, 0.6) is 0 Å². The Bertz CT molecular complexity index is 1330. The van der Waals surface area contributed by atoms with Crippen LogP contribution >= 0.6 is 11.8 Å². The van der Waals surface area contributed by atoms with Crippen molar-refractivity contribution in [2.45, 2.75) is 57.5 Å². The van der Waals surface area contributed by atoms with E-state index >= 15 is 0 Å². The summed E-state index contributed by atoms with van der Waals surface area (Å²) in [4.78, 5) is 30.6. The minimum absolute atomic E-state index is 0.0462. The zero-order chi connectivity index (χ0) is 25.9. The molecule has 1 fully saturated rings. The zero-order valence-electron chi connectivity index (χ0n) is 21.7. The minimum Gasteiger partial charge on any atom is -0.349 e. The average Bonchev–Trinajstić information content (AvgIpc) is 2.89. The summed E-state index contributed by atoms with van der Waals surface area (Å²) in [5.74, 6) is 0.953. The van der Waals surface area contributed by atoms with Gasteiger partial charge in [0.15, 0.2) is 0 Å². The van der Waals surface area contributed by atoms with Crippen molar-refractivity contribution >= 4 is 35.3 Å². The van der Waals surface area contributed by atoms with E-state index < -0.39 is 0 Å². The number of anilines is 1. The maximum Gasteiger partial charge on any atom is 0.265 e. The first-order valence-electron chi connectivity index (χ1n) is 13.2. The lowest BCUT2D eigenvalue weighted by molar-refractivity contribution is -0.114. The molecule has 3 unspecified atom stereocenters. The fourth-order valence-electron chi connectivity index (χ4n) is 5.34. The van der Waals surface area contributed by atoms with E-state index in [2.05, 4.69) is 38.2 Å². The molecule has 0 bridgehead atoms. The monoisotopic (exact) mass is 510 g/mol. The van der Waals surface area contributed by atoms with Crippen molar-refractivity contribution in [3.63, 3.8) is 0 Å². The van der Waals surface area contributed by atoms with Gasteiger partial charge in [-0.25, -0.2) is 0 Å². The molecular formula is C32H34N2O2S. The molecule has 2 aliphatic rings. The summed E-state index contributed by atoms with van der Waals surface area (Å²) in [5, 5.41) is 3.29. The van der Waals surface area contributed by atoms with Crippen LogP contribution in [0.1, 0.15) is 60.2 Å². The lowest BCUT2D eigenvalue weighted by Crippen LogP contribution is -2.43. The predicted octanol–water partition coefficient (Wildman–Crippen LogP) is 7.23. The van der Waals surface area contributed by atoms with Crippen LogP contribution in [0.2, 0.25) is 0 Å². The number of amides is 2. The zero-order valence-corrected chi connectivity index (χ0v) is 22.6. The van der Waals surface area contributed by atoms with Gasteiger partial charge in [-0.05, 0) is 60.6 Å². The summed E-state index contributed by atoms with van der Waals surface area (Å²) in [6, 6.07) is 24.1. The topological polar surface area (TPSA) is 49.4 Å². The third kappa shape index (κ3) is 5.67. The fourth-order valence-corrected chi connectivity index (χ4v) is 6.38. The second-order valence-corrected chi connectivity index (χ2v) is 11.5. The molecule has 3 aromatic carbocycles. The summed E-state index contributed by atoms with van der Waals surface area (Å²) in [6.07, 6.45) is 5.33. The minimum atomic E-state index is -0.0627. The van der Waals surface area contributed by atoms with E-state index in [1.54, 1.807) is 0 Å². The Labute approximate surface area is 224 Å². The Morgan fingerprint density at radius 1 is 1.03 bits per heavy atom. The maximum absolute atomic E-state index is 13.8. The molecule has 3 aromatic rings. The van der Waals surface area contributed by atoms with Gasteiger partial charge in [0.1, 0.15) is 0 Å². The van der Waals surface area contributed by atoms with Gasteiger partial charge in [-0.2, -0.15) is 0 Å². The highest BCUT2D eigenvalue weighted by atomic mass is 32.2. The van der Waals surface area contributed by atoms with Gasteiger partial charge in [0.25, 0.3) is 11.8 Å². The molecular weight excluding hydrogens is 476 g/mol. The number of benzene rings is 3. The molecule has 190 valence electrons. The highest BCUT2D eigenvalue weighted by Gasteiger charge is 2.32. The van der Waals surface area contributed by atoms with Crippen LogP contribution in [0.3, 0.4) is 0 Å². The van der Waals surface area contributed by atoms with Crippen LogP contribution in [-0.4, -0.2) is 17.9 Å². The first-order valence-corrected chi connectivity index (χ1v) is 14.0. The summed E-state index contributed by atoms with van der Waals surface area (Å²) in [5.41, 5.74) is 4.59. The number of hydrogen-bond donors (Lipinski definition) is 1. The van der Waals surface area contributed by atoms with Crippen molar-refractivity contribution in [2.75, 3.05) is 4.90 Å². The Kier molecular flexibility index (Phi) is 7.52. The van der Waals surface area contributed by atoms with Crippen LogP contribution in [0, 0.1) is 18.8 Å². The van der Waals surface area contributed by atoms with Gasteiger partial charge >= 0.3 is 0 Å². The molecule has 1 N–H and O–H groups in total. The van der Waals surface area contributed by atoms with Crippen LogP contribution in [-0.2, 0) is 11.3 Å². The molecule has 4 nitrogen and oxygen atoms in total. The second-order valence-electron chi connectivity index (χ2n) is 10.4. The van der Waals surface area contributed by atoms with Gasteiger partial charge in [-0.1, -0.05) is 98.6 Å². The Morgan fingerprint density at radius 3 is 2.62 bits per heavy atom. The van der Waals surface area contributed by atoms with E-state index in [0.29, 0.717) is 28.8 Å². The van der Waals surface area contributed by atoms with Crippen molar-refractivity contribution in [1.29, 1.82) is 0 Å². The Hall–Kier alpha value is -3.31. The molecule has 3 atom stereocenters. The quantitative estimate of drug-likeness (QED) is 0.368. The molecule has 0 radical (unpaired) electrons. The molecule has 0 saturated heterocycles. The highest BCUT2D eigenvalue weighted by molar-refractivity contribution is 8.04. The Balaban J connectivity index is 1.48. The van der Waals surface area contributed by atoms with E-state index in [1.807, 2.05) is 71.6 Å². The van der Waals surface area contributed by atoms with Gasteiger partial charge in [-0.3, -0.25) is 9.59 Å². The number of carbonyl (C=O) groups is 2. The largest absolute Gasteiger partial charge is 0.349 e. The maximum atomic E-state index is 13.8. The standard InChI is InChI=1S/C32H34N2O2S/c1-21-9-7-13-25(17-21)20-34-28-19-26(31(35)33-27-14-8-10-22(2)23(27)3)15-16-29(28)37-30(32(34)36)18-24-11-5-4-6-12-24/h4-7,9,11-13,15-19,22-23,27H,8,10,14,20H2,1-3H3,(H,33,35). The molecule has 2 amide bonds. The van der Waals surface area contributed by atoms with E-state index in [9.17, 15) is 9.59 Å². The van der Waals surface area contributed by atoms with E-state index in [-0.39, 0.29) is 17.9 Å². The second kappa shape index (κ2) is 11.0. The fraction of sp³-hybridized carbons (Fsp3) is 0.312. The lowest BCUT2D eigenvalue weighted by atomic mass is 9.78. The summed E-state index contributed by atoms with van der Waals surface area (Å²) in [6.45, 7) is 7.01. The summed E-state index contributed by atoms with van der Waals surface area (Å²) in [7, 11) is 0. The van der Waals surface area contributed by atoms with Crippen LogP contribution in [0.4, 0.5) is 5.69 Å². The van der Waals surface area contributed by atoms with E-state index in [4.69, 9.17) is 0 Å². The van der Waals surface area contributed by atoms with Crippen molar-refractivity contribution in [3.05, 3.63) is 100.0 Å². The number of thioether (sulfide) groups is 1. The smallest absolute Gasteiger partial charge is 0.265 e. The highest BCUT2D eigenvalue weighted by Crippen LogP contribution is 2.43. The summed E-state index contributed by atoms with van der Waals surface area (Å²) >= 11 is 1.47. The van der Waals surface area contributed by atoms with Gasteiger partial charge < -0.3 is 10.2 Å². The number of nitrogens with one attached hydrogen (secondary N) is 1. The lowest BCUT2D eigenvalue weighted by Gasteiger charge is -2.35. The van der Waals surface area contributed by atoms with Crippen LogP contribution in [0.25, 0.3) is 6.08 Å². The average molecular weight is 511 g/mol. The van der Waals surface area contributed by atoms with E-state index in [0.717, 1.165) is 40.1 Å². The molecule has 1 aliphatic heterocycles. The molecule has 1 saturated carbocycles. The SMILES string of the molecule is Cc1cccc(CN2C(=O)C(=Cc3ccccc3)Sc3ccc(C(=O)NC4CCCC(C)C4C)cc32)c1. The molecule has 0 aromatic heterocycles. The molecule has 5 rings (SSSR count). The van der Waals surface area contributed by atoms with E-state index in [1.165, 1.54) is 18.2 Å². The van der Waals surface area contributed by atoms with Gasteiger partial charge in [-0.15, -0.1) is 0 Å². The van der Waals surface area contributed by atoms with Crippen LogP contribution < -0.4 is 10.2 Å².